The van der Waals surface area contributed by atoms with E-state index in [1.165, 1.54) is 12.1 Å². The molecule has 212 valence electrons. The number of aliphatic hydroxyl groups excluding tert-OH is 1. The van der Waals surface area contributed by atoms with Crippen molar-refractivity contribution in [3.8, 4) is 22.6 Å². The molecule has 2 N–H and O–H groups in total. The zero-order valence-corrected chi connectivity index (χ0v) is 22.7. The highest BCUT2D eigenvalue weighted by atomic mass is 19.1. The van der Waals surface area contributed by atoms with E-state index in [0.29, 0.717) is 6.54 Å². The van der Waals surface area contributed by atoms with E-state index in [1.807, 2.05) is 25.2 Å². The van der Waals surface area contributed by atoms with Crippen molar-refractivity contribution >= 4 is 22.6 Å². The molecule has 9 nitrogen and oxygen atoms in total. The Labute approximate surface area is 236 Å². The van der Waals surface area contributed by atoms with Gasteiger partial charge in [-0.15, -0.1) is 0 Å². The Morgan fingerprint density at radius 1 is 1.02 bits per heavy atom. The van der Waals surface area contributed by atoms with Crippen molar-refractivity contribution in [2.24, 2.45) is 7.05 Å². The van der Waals surface area contributed by atoms with Gasteiger partial charge < -0.3 is 24.8 Å². The van der Waals surface area contributed by atoms with Crippen LogP contribution in [0.4, 0.5) is 4.39 Å². The summed E-state index contributed by atoms with van der Waals surface area (Å²) in [5.74, 6) is -2.00. The molecule has 2 aliphatic heterocycles. The Hall–Kier alpha value is -4.28. The monoisotopic (exact) mass is 558 g/mol. The quantitative estimate of drug-likeness (QED) is 0.251. The van der Waals surface area contributed by atoms with Crippen LogP contribution in [0.25, 0.3) is 22.0 Å². The fourth-order valence-corrected chi connectivity index (χ4v) is 5.50. The van der Waals surface area contributed by atoms with Crippen molar-refractivity contribution in [2.45, 2.75) is 25.0 Å². The lowest BCUT2D eigenvalue weighted by molar-refractivity contribution is -0.118. The molecular weight excluding hydrogens is 527 g/mol. The Balaban J connectivity index is 1.20. The number of nitrogens with zero attached hydrogens (tertiary/aromatic N) is 3. The van der Waals surface area contributed by atoms with Crippen LogP contribution in [0.2, 0.25) is 0 Å². The predicted octanol–water partition coefficient (Wildman–Crippen LogP) is 3.65. The van der Waals surface area contributed by atoms with Crippen LogP contribution in [-0.2, 0) is 11.8 Å². The van der Waals surface area contributed by atoms with Crippen LogP contribution in [0.15, 0.2) is 60.8 Å². The molecule has 41 heavy (non-hydrogen) atoms. The number of halogens is 1. The number of ketones is 1. The maximum atomic E-state index is 14.7. The van der Waals surface area contributed by atoms with Crippen molar-refractivity contribution in [3.05, 3.63) is 77.7 Å². The normalized spacial score (nSPS) is 16.5. The Kier molecular flexibility index (Phi) is 7.42. The third kappa shape index (κ3) is 5.53. The molecule has 1 saturated heterocycles. The fraction of sp³-hybridized carbons (Fsp3) is 0.323. The molecule has 1 amide bonds. The number of hydrogen-bond acceptors (Lipinski definition) is 7. The van der Waals surface area contributed by atoms with Crippen molar-refractivity contribution in [1.29, 1.82) is 0 Å². The maximum Gasteiger partial charge on any atom is 0.292 e. The molecule has 0 spiro atoms. The highest BCUT2D eigenvalue weighted by Crippen LogP contribution is 2.36. The van der Waals surface area contributed by atoms with Gasteiger partial charge in [0.1, 0.15) is 19.3 Å². The van der Waals surface area contributed by atoms with Crippen LogP contribution in [0, 0.1) is 5.82 Å². The molecule has 6 rings (SSSR count). The minimum atomic E-state index is -1.28. The third-order valence-corrected chi connectivity index (χ3v) is 7.75. The zero-order valence-electron chi connectivity index (χ0n) is 22.7. The third-order valence-electron chi connectivity index (χ3n) is 7.75. The average Bonchev–Trinajstić information content (AvgIpc) is 3.65. The lowest BCUT2D eigenvalue weighted by atomic mass is 9.99. The van der Waals surface area contributed by atoms with E-state index in [2.05, 4.69) is 15.3 Å². The molecular formula is C31H31FN4O5. The topological polar surface area (TPSA) is 106 Å². The first-order chi connectivity index (χ1) is 19.9. The number of hydrogen-bond donors (Lipinski definition) is 2. The SMILES string of the molecule is Cn1ncc2ccc(-c3ccc(C(=O)C(=O)NC(CN4CCCC4)C(O)c4cc(F)c5c(c4)OCCO5)cc3)cc21. The van der Waals surface area contributed by atoms with Crippen LogP contribution >= 0.6 is 0 Å². The molecule has 10 heteroatoms. The summed E-state index contributed by atoms with van der Waals surface area (Å²) in [5.41, 5.74) is 3.31. The van der Waals surface area contributed by atoms with Gasteiger partial charge in [0.15, 0.2) is 17.3 Å². The predicted molar refractivity (Wildman–Crippen MR) is 150 cm³/mol. The van der Waals surface area contributed by atoms with Crippen molar-refractivity contribution in [1.82, 2.24) is 20.0 Å². The molecule has 3 heterocycles. The first-order valence-corrected chi connectivity index (χ1v) is 13.7. The van der Waals surface area contributed by atoms with Crippen LogP contribution in [0.3, 0.4) is 0 Å². The lowest BCUT2D eigenvalue weighted by Crippen LogP contribution is -2.48. The molecule has 4 aromatic rings. The molecule has 0 radical (unpaired) electrons. The summed E-state index contributed by atoms with van der Waals surface area (Å²) in [5, 5.41) is 19.3. The fourth-order valence-electron chi connectivity index (χ4n) is 5.50. The van der Waals surface area contributed by atoms with Gasteiger partial charge in [-0.3, -0.25) is 14.3 Å². The summed E-state index contributed by atoms with van der Waals surface area (Å²) in [6.07, 6.45) is 2.54. The highest BCUT2D eigenvalue weighted by molar-refractivity contribution is 6.42. The minimum Gasteiger partial charge on any atom is -0.486 e. The number of aryl methyl sites for hydroxylation is 1. The molecule has 0 bridgehead atoms. The number of aromatic nitrogens is 2. The molecule has 2 atom stereocenters. The van der Waals surface area contributed by atoms with Gasteiger partial charge in [-0.05, 0) is 60.8 Å². The molecule has 1 aromatic heterocycles. The van der Waals surface area contributed by atoms with Gasteiger partial charge in [0.05, 0.1) is 17.8 Å². The standard InChI is InChI=1S/C31H31FN4O5/c1-35-26-15-21(8-9-22(26)17-33-35)19-4-6-20(7-5-19)29(38)31(39)34-25(18-36-10-2-3-11-36)28(37)23-14-24(32)30-27(16-23)40-12-13-41-30/h4-9,14-17,25,28,37H,2-3,10-13,18H2,1H3,(H,34,39). The Bertz CT molecular complexity index is 1600. The van der Waals surface area contributed by atoms with Crippen molar-refractivity contribution < 1.29 is 28.6 Å². The number of aliphatic hydroxyl groups is 1. The second-order valence-corrected chi connectivity index (χ2v) is 10.5. The number of ether oxygens (including phenoxy) is 2. The first-order valence-electron chi connectivity index (χ1n) is 13.7. The summed E-state index contributed by atoms with van der Waals surface area (Å²) < 4.78 is 27.4. The second kappa shape index (κ2) is 11.3. The average molecular weight is 559 g/mol. The zero-order chi connectivity index (χ0) is 28.5. The highest BCUT2D eigenvalue weighted by Gasteiger charge is 2.31. The molecule has 0 saturated carbocycles. The van der Waals surface area contributed by atoms with E-state index in [4.69, 9.17) is 9.47 Å². The second-order valence-electron chi connectivity index (χ2n) is 10.5. The van der Waals surface area contributed by atoms with Gasteiger partial charge >= 0.3 is 0 Å². The minimum absolute atomic E-state index is 0.00574. The summed E-state index contributed by atoms with van der Waals surface area (Å²) in [6, 6.07) is 14.7. The Morgan fingerprint density at radius 2 is 1.76 bits per heavy atom. The van der Waals surface area contributed by atoms with Crippen molar-refractivity contribution in [3.63, 3.8) is 0 Å². The van der Waals surface area contributed by atoms with Crippen LogP contribution in [0.1, 0.15) is 34.9 Å². The smallest absolute Gasteiger partial charge is 0.292 e. The lowest BCUT2D eigenvalue weighted by Gasteiger charge is -2.29. The number of likely N-dealkylation sites (tertiary alicyclic amines) is 1. The molecule has 3 aromatic carbocycles. The summed E-state index contributed by atoms with van der Waals surface area (Å²) >= 11 is 0. The maximum absolute atomic E-state index is 14.7. The largest absolute Gasteiger partial charge is 0.486 e. The Morgan fingerprint density at radius 3 is 2.54 bits per heavy atom. The van der Waals surface area contributed by atoms with E-state index in [0.717, 1.165) is 48.0 Å². The van der Waals surface area contributed by atoms with Crippen molar-refractivity contribution in [2.75, 3.05) is 32.8 Å². The number of fused-ring (bicyclic) bond motifs is 2. The molecule has 0 aliphatic carbocycles. The van der Waals surface area contributed by atoms with Gasteiger partial charge in [0.25, 0.3) is 5.91 Å². The van der Waals surface area contributed by atoms with E-state index >= 15 is 0 Å². The van der Waals surface area contributed by atoms with Crippen LogP contribution < -0.4 is 14.8 Å². The molecule has 2 unspecified atom stereocenters. The molecule has 2 aliphatic rings. The number of amides is 1. The van der Waals surface area contributed by atoms with Gasteiger partial charge in [0, 0.05) is 24.5 Å². The van der Waals surface area contributed by atoms with Gasteiger partial charge in [-0.1, -0.05) is 36.4 Å². The number of nitrogens with one attached hydrogen (secondary N) is 1. The van der Waals surface area contributed by atoms with E-state index in [9.17, 15) is 19.1 Å². The summed E-state index contributed by atoms with van der Waals surface area (Å²) in [4.78, 5) is 28.4. The first kappa shape index (κ1) is 26.9. The van der Waals surface area contributed by atoms with Gasteiger partial charge in [-0.2, -0.15) is 5.10 Å². The van der Waals surface area contributed by atoms with Gasteiger partial charge in [-0.25, -0.2) is 4.39 Å². The number of rotatable bonds is 8. The van der Waals surface area contributed by atoms with Gasteiger partial charge in [0.2, 0.25) is 5.78 Å². The summed E-state index contributed by atoms with van der Waals surface area (Å²) in [6.45, 7) is 2.45. The van der Waals surface area contributed by atoms with E-state index < -0.39 is 29.7 Å². The van der Waals surface area contributed by atoms with Crippen LogP contribution in [0.5, 0.6) is 11.5 Å². The van der Waals surface area contributed by atoms with Crippen LogP contribution in [-0.4, -0.2) is 70.4 Å². The van der Waals surface area contributed by atoms with E-state index in [1.54, 1.807) is 35.1 Å². The summed E-state index contributed by atoms with van der Waals surface area (Å²) in [7, 11) is 1.88. The number of carbonyl (C=O) groups excluding carboxylic acids is 2. The molecule has 1 fully saturated rings. The van der Waals surface area contributed by atoms with E-state index in [-0.39, 0.29) is 35.8 Å². The number of benzene rings is 3. The number of carbonyl (C=O) groups is 2. The number of Topliss-reactive ketones (excluding diaryl/α,β-unsaturated/α-hetero) is 1.